The number of nitrogens with two attached hydrogens (primary N) is 1. The van der Waals surface area contributed by atoms with Gasteiger partial charge >= 0.3 is 0 Å². The fourth-order valence-corrected chi connectivity index (χ4v) is 1.94. The van der Waals surface area contributed by atoms with Crippen LogP contribution in [0.25, 0.3) is 0 Å². The van der Waals surface area contributed by atoms with E-state index in [1.807, 2.05) is 32.9 Å². The first kappa shape index (κ1) is 16.7. The van der Waals surface area contributed by atoms with E-state index in [-0.39, 0.29) is 17.9 Å². The van der Waals surface area contributed by atoms with Crippen molar-refractivity contribution in [3.8, 4) is 0 Å². The highest BCUT2D eigenvalue weighted by Gasteiger charge is 2.24. The molecule has 1 amide bonds. The Morgan fingerprint density at radius 2 is 2.20 bits per heavy atom. The van der Waals surface area contributed by atoms with Crippen molar-refractivity contribution in [2.45, 2.75) is 45.7 Å². The fraction of sp³-hybridized carbons (Fsp3) is 0.667. The molecule has 1 aromatic rings. The average molecular weight is 282 g/mol. The molecule has 5 nitrogen and oxygen atoms in total. The Bertz CT molecular complexity index is 417. The zero-order chi connectivity index (χ0) is 15.1. The lowest BCUT2D eigenvalue weighted by Crippen LogP contribution is -2.45. The summed E-state index contributed by atoms with van der Waals surface area (Å²) in [6, 6.07) is 3.06. The molecule has 1 aromatic heterocycles. The van der Waals surface area contributed by atoms with E-state index in [1.54, 1.807) is 7.11 Å². The molecule has 1 rings (SSSR count). The second-order valence-electron chi connectivity index (χ2n) is 5.20. The molecule has 5 heteroatoms. The van der Waals surface area contributed by atoms with Gasteiger partial charge < -0.3 is 20.2 Å². The Hall–Kier alpha value is -1.33. The summed E-state index contributed by atoms with van der Waals surface area (Å²) in [5.74, 6) is 1.57. The molecule has 20 heavy (non-hydrogen) atoms. The van der Waals surface area contributed by atoms with Crippen molar-refractivity contribution in [2.75, 3.05) is 13.7 Å². The van der Waals surface area contributed by atoms with Crippen LogP contribution >= 0.6 is 0 Å². The van der Waals surface area contributed by atoms with Gasteiger partial charge in [0.05, 0.1) is 12.1 Å². The predicted molar refractivity (Wildman–Crippen MR) is 78.3 cm³/mol. The van der Waals surface area contributed by atoms with Crippen LogP contribution in [0.3, 0.4) is 0 Å². The number of carbonyl (C=O) groups excluding carboxylic acids is 1. The number of amides is 1. The Morgan fingerprint density at radius 1 is 1.50 bits per heavy atom. The van der Waals surface area contributed by atoms with Gasteiger partial charge in [-0.05, 0) is 31.4 Å². The minimum absolute atomic E-state index is 0.144. The van der Waals surface area contributed by atoms with Crippen LogP contribution in [-0.2, 0) is 9.53 Å². The zero-order valence-electron chi connectivity index (χ0n) is 12.8. The van der Waals surface area contributed by atoms with Crippen molar-refractivity contribution < 1.29 is 13.9 Å². The monoisotopic (exact) mass is 282 g/mol. The normalized spacial score (nSPS) is 15.7. The third kappa shape index (κ3) is 4.65. The molecule has 0 radical (unpaired) electrons. The van der Waals surface area contributed by atoms with Gasteiger partial charge in [-0.3, -0.25) is 4.79 Å². The first-order valence-electron chi connectivity index (χ1n) is 7.10. The quantitative estimate of drug-likeness (QED) is 0.766. The molecule has 0 aromatic carbocycles. The van der Waals surface area contributed by atoms with Crippen molar-refractivity contribution >= 4 is 5.91 Å². The second kappa shape index (κ2) is 8.07. The van der Waals surface area contributed by atoms with Gasteiger partial charge in [-0.15, -0.1) is 0 Å². The van der Waals surface area contributed by atoms with Gasteiger partial charge in [-0.25, -0.2) is 0 Å². The van der Waals surface area contributed by atoms with Crippen LogP contribution in [0.15, 0.2) is 16.5 Å². The molecule has 0 aliphatic carbocycles. The Kier molecular flexibility index (Phi) is 6.75. The van der Waals surface area contributed by atoms with Gasteiger partial charge in [0.1, 0.15) is 11.5 Å². The molecular formula is C15H26N2O3. The molecule has 1 heterocycles. The lowest BCUT2D eigenvalue weighted by Gasteiger charge is -2.22. The average Bonchev–Trinajstić information content (AvgIpc) is 2.87. The SMILES string of the molecule is CCC(C)C(N)C(=O)NC(CCOC)c1ccc(C)o1. The third-order valence-electron chi connectivity index (χ3n) is 3.59. The predicted octanol–water partition coefficient (Wildman–Crippen LogP) is 2.16. The highest BCUT2D eigenvalue weighted by atomic mass is 16.5. The molecule has 0 aliphatic rings. The zero-order valence-corrected chi connectivity index (χ0v) is 12.8. The number of methoxy groups -OCH3 is 1. The molecule has 3 N–H and O–H groups in total. The molecule has 0 aliphatic heterocycles. The summed E-state index contributed by atoms with van der Waals surface area (Å²) in [7, 11) is 1.64. The van der Waals surface area contributed by atoms with Crippen molar-refractivity contribution in [1.29, 1.82) is 0 Å². The number of hydrogen-bond acceptors (Lipinski definition) is 4. The number of nitrogens with one attached hydrogen (secondary N) is 1. The molecule has 0 bridgehead atoms. The molecule has 0 fully saturated rings. The molecule has 114 valence electrons. The van der Waals surface area contributed by atoms with E-state index in [1.165, 1.54) is 0 Å². The van der Waals surface area contributed by atoms with Crippen molar-refractivity contribution in [1.82, 2.24) is 5.32 Å². The maximum Gasteiger partial charge on any atom is 0.237 e. The van der Waals surface area contributed by atoms with E-state index in [0.717, 1.165) is 17.9 Å². The largest absolute Gasteiger partial charge is 0.464 e. The van der Waals surface area contributed by atoms with Crippen LogP contribution in [0.1, 0.15) is 44.3 Å². The number of carbonyl (C=O) groups is 1. The van der Waals surface area contributed by atoms with E-state index in [2.05, 4.69) is 5.32 Å². The van der Waals surface area contributed by atoms with E-state index in [0.29, 0.717) is 13.0 Å². The maximum atomic E-state index is 12.2. The molecule has 0 spiro atoms. The minimum Gasteiger partial charge on any atom is -0.464 e. The van der Waals surface area contributed by atoms with E-state index < -0.39 is 6.04 Å². The highest BCUT2D eigenvalue weighted by molar-refractivity contribution is 5.82. The van der Waals surface area contributed by atoms with Crippen LogP contribution in [-0.4, -0.2) is 25.7 Å². The summed E-state index contributed by atoms with van der Waals surface area (Å²) >= 11 is 0. The molecular weight excluding hydrogens is 256 g/mol. The van der Waals surface area contributed by atoms with Crippen LogP contribution in [0.2, 0.25) is 0 Å². The van der Waals surface area contributed by atoms with Gasteiger partial charge in [0, 0.05) is 13.7 Å². The van der Waals surface area contributed by atoms with Crippen LogP contribution < -0.4 is 11.1 Å². The number of rotatable bonds is 8. The highest BCUT2D eigenvalue weighted by Crippen LogP contribution is 2.20. The standard InChI is InChI=1S/C15H26N2O3/c1-5-10(2)14(16)15(18)17-12(8-9-19-4)13-7-6-11(3)20-13/h6-7,10,12,14H,5,8-9,16H2,1-4H3,(H,17,18). The van der Waals surface area contributed by atoms with Gasteiger partial charge in [-0.2, -0.15) is 0 Å². The van der Waals surface area contributed by atoms with Gasteiger partial charge in [0.25, 0.3) is 0 Å². The minimum atomic E-state index is -0.499. The lowest BCUT2D eigenvalue weighted by molar-refractivity contribution is -0.124. The number of furan rings is 1. The molecule has 0 saturated carbocycles. The van der Waals surface area contributed by atoms with Crippen molar-refractivity contribution in [2.24, 2.45) is 11.7 Å². The van der Waals surface area contributed by atoms with E-state index in [9.17, 15) is 4.79 Å². The number of hydrogen-bond donors (Lipinski definition) is 2. The summed E-state index contributed by atoms with van der Waals surface area (Å²) < 4.78 is 10.7. The van der Waals surface area contributed by atoms with Crippen molar-refractivity contribution in [3.63, 3.8) is 0 Å². The van der Waals surface area contributed by atoms with E-state index >= 15 is 0 Å². The fourth-order valence-electron chi connectivity index (χ4n) is 1.94. The van der Waals surface area contributed by atoms with E-state index in [4.69, 9.17) is 14.9 Å². The third-order valence-corrected chi connectivity index (χ3v) is 3.59. The van der Waals surface area contributed by atoms with Gasteiger partial charge in [-0.1, -0.05) is 20.3 Å². The Labute approximate surface area is 120 Å². The lowest BCUT2D eigenvalue weighted by atomic mass is 9.99. The summed E-state index contributed by atoms with van der Waals surface area (Å²) in [5, 5.41) is 2.96. The van der Waals surface area contributed by atoms with Crippen LogP contribution in [0, 0.1) is 12.8 Å². The first-order valence-corrected chi connectivity index (χ1v) is 7.10. The smallest absolute Gasteiger partial charge is 0.237 e. The molecule has 3 unspecified atom stereocenters. The second-order valence-corrected chi connectivity index (χ2v) is 5.20. The summed E-state index contributed by atoms with van der Waals surface area (Å²) in [5.41, 5.74) is 5.96. The summed E-state index contributed by atoms with van der Waals surface area (Å²) in [4.78, 5) is 12.2. The van der Waals surface area contributed by atoms with Gasteiger partial charge in [0.2, 0.25) is 5.91 Å². The topological polar surface area (TPSA) is 77.5 Å². The molecule has 3 atom stereocenters. The first-order chi connectivity index (χ1) is 9.49. The number of ether oxygens (including phenoxy) is 1. The number of aryl methyl sites for hydroxylation is 1. The Morgan fingerprint density at radius 3 is 2.70 bits per heavy atom. The summed E-state index contributed by atoms with van der Waals surface area (Å²) in [6.45, 7) is 6.43. The maximum absolute atomic E-state index is 12.2. The summed E-state index contributed by atoms with van der Waals surface area (Å²) in [6.07, 6.45) is 1.53. The van der Waals surface area contributed by atoms with Crippen LogP contribution in [0.5, 0.6) is 0 Å². The van der Waals surface area contributed by atoms with Crippen molar-refractivity contribution in [3.05, 3.63) is 23.7 Å². The molecule has 0 saturated heterocycles. The van der Waals surface area contributed by atoms with Crippen LogP contribution in [0.4, 0.5) is 0 Å². The van der Waals surface area contributed by atoms with Gasteiger partial charge in [0.15, 0.2) is 0 Å². The Balaban J connectivity index is 2.72.